The van der Waals surface area contributed by atoms with Gasteiger partial charge in [0.25, 0.3) is 11.8 Å². The van der Waals surface area contributed by atoms with Gasteiger partial charge < -0.3 is 20.6 Å². The van der Waals surface area contributed by atoms with Crippen molar-refractivity contribution in [1.82, 2.24) is 29.8 Å². The summed E-state index contributed by atoms with van der Waals surface area (Å²) in [5.41, 5.74) is 3.97. The molecule has 2 amide bonds. The van der Waals surface area contributed by atoms with Crippen LogP contribution in [-0.4, -0.2) is 82.1 Å². The average Bonchev–Trinajstić information content (AvgIpc) is 3.65. The Hall–Kier alpha value is -5.10. The van der Waals surface area contributed by atoms with Crippen molar-refractivity contribution in [2.24, 2.45) is 5.16 Å². The minimum Gasteiger partial charge on any atom is -0.477 e. The number of carboxylic acid groups (broad SMARTS) is 1. The molecule has 0 bridgehead atoms. The van der Waals surface area contributed by atoms with Crippen molar-refractivity contribution < 1.29 is 24.3 Å². The molecule has 1 saturated heterocycles. The summed E-state index contributed by atoms with van der Waals surface area (Å²) in [5.74, 6) is -1.69. The number of oxime groups is 1. The van der Waals surface area contributed by atoms with Gasteiger partial charge in [0.15, 0.2) is 4.34 Å². The van der Waals surface area contributed by atoms with Gasteiger partial charge >= 0.3 is 5.97 Å². The predicted octanol–water partition coefficient (Wildman–Crippen LogP) is 5.21. The molecule has 53 heavy (non-hydrogen) atoms. The predicted molar refractivity (Wildman–Crippen MR) is 204 cm³/mol. The molecule has 2 atom stereocenters. The van der Waals surface area contributed by atoms with Gasteiger partial charge in [-0.3, -0.25) is 14.5 Å². The van der Waals surface area contributed by atoms with E-state index in [1.165, 1.54) is 39.8 Å². The van der Waals surface area contributed by atoms with E-state index >= 15 is 0 Å². The Morgan fingerprint density at radius 3 is 2.19 bits per heavy atom. The summed E-state index contributed by atoms with van der Waals surface area (Å²) >= 11 is 5.18. The van der Waals surface area contributed by atoms with Crippen molar-refractivity contribution in [2.45, 2.75) is 40.2 Å². The highest BCUT2D eigenvalue weighted by Crippen LogP contribution is 2.43. The minimum absolute atomic E-state index is 0.0285. The van der Waals surface area contributed by atoms with Crippen LogP contribution in [0.4, 0.5) is 5.13 Å². The van der Waals surface area contributed by atoms with Crippen LogP contribution in [0.2, 0.25) is 0 Å². The number of hydrogen-bond donors (Lipinski definition) is 3. The number of anilines is 1. The summed E-state index contributed by atoms with van der Waals surface area (Å²) in [6, 6.07) is 29.1. The Morgan fingerprint density at radius 1 is 0.981 bits per heavy atom. The minimum atomic E-state index is -1.20. The van der Waals surface area contributed by atoms with Gasteiger partial charge in [0.1, 0.15) is 34.3 Å². The Bertz CT molecular complexity index is 2080. The number of aromatic nitrogens is 4. The summed E-state index contributed by atoms with van der Waals surface area (Å²) in [5, 5.41) is 28.4. The Labute approximate surface area is 320 Å². The summed E-state index contributed by atoms with van der Waals surface area (Å²) in [6.07, 6.45) is 1.50. The van der Waals surface area contributed by atoms with Crippen LogP contribution < -0.4 is 10.6 Å². The summed E-state index contributed by atoms with van der Waals surface area (Å²) < 4.78 is 5.24. The molecule has 1 saturated carbocycles. The molecule has 5 aromatic rings. The van der Waals surface area contributed by atoms with Crippen molar-refractivity contribution in [1.29, 1.82) is 0 Å². The fraction of sp³-hybridized carbons (Fsp3) is 0.222. The van der Waals surface area contributed by atoms with Gasteiger partial charge in [0, 0.05) is 23.0 Å². The molecular formula is C36H30N8O5S4. The Balaban J connectivity index is 1.06. The lowest BCUT2D eigenvalue weighted by atomic mass is 9.77. The first-order chi connectivity index (χ1) is 25.9. The molecule has 17 heteroatoms. The molecule has 4 heterocycles. The van der Waals surface area contributed by atoms with Gasteiger partial charge in [0.2, 0.25) is 16.7 Å². The molecule has 0 unspecified atom stereocenters. The number of nitrogens with one attached hydrogen (secondary N) is 2. The SMILES string of the molecule is O=C(O)C1=C(CSc2nncs2)CS[C@@H]2[C@H](NC(=O)C(=NOC3CC3)c3nsc(NC(c4ccccc4)(c4ccccc4)c4ccccc4)n3)C(=O)N12. The van der Waals surface area contributed by atoms with Crippen LogP contribution in [0.5, 0.6) is 0 Å². The van der Waals surface area contributed by atoms with E-state index in [9.17, 15) is 19.5 Å². The Morgan fingerprint density at radius 2 is 1.62 bits per heavy atom. The third-order valence-corrected chi connectivity index (χ3v) is 12.7. The second-order valence-electron chi connectivity index (χ2n) is 12.3. The van der Waals surface area contributed by atoms with Crippen LogP contribution in [0.25, 0.3) is 0 Å². The molecule has 0 spiro atoms. The lowest BCUT2D eigenvalue weighted by Crippen LogP contribution is -2.71. The largest absolute Gasteiger partial charge is 0.477 e. The van der Waals surface area contributed by atoms with Crippen molar-refractivity contribution >= 4 is 75.0 Å². The maximum Gasteiger partial charge on any atom is 0.352 e. The van der Waals surface area contributed by atoms with Crippen LogP contribution in [0, 0.1) is 0 Å². The van der Waals surface area contributed by atoms with Crippen LogP contribution in [0.1, 0.15) is 35.4 Å². The first kappa shape index (κ1) is 35.0. The normalized spacial score (nSPS) is 18.6. The highest BCUT2D eigenvalue weighted by atomic mass is 32.2. The summed E-state index contributed by atoms with van der Waals surface area (Å²) in [4.78, 5) is 51.4. The standard InChI is InChI=1S/C36H30N8O5S4/c45-30(38-27-31(46)44-28(33(47)48)21(18-50-32(27)44)19-51-35-41-37-20-52-35)26(42-49-25-16-17-25)29-39-34(53-43-29)40-36(22-10-4-1-5-11-22,23-12-6-2-7-13-23)24-14-8-3-9-15-24/h1-15,20,25,27,32H,16-19H2,(H,38,45)(H,47,48)(H,39,40,43)/t27-,32-/m1/s1. The molecule has 3 N–H and O–H groups in total. The second-order valence-corrected chi connectivity index (χ2v) is 16.2. The first-order valence-electron chi connectivity index (χ1n) is 16.5. The number of aliphatic carboxylic acids is 1. The zero-order valence-corrected chi connectivity index (χ0v) is 31.0. The summed E-state index contributed by atoms with van der Waals surface area (Å²) in [6.45, 7) is 0. The van der Waals surface area contributed by atoms with Crippen LogP contribution in [0.3, 0.4) is 0 Å². The van der Waals surface area contributed by atoms with Crippen molar-refractivity contribution in [3.05, 3.63) is 130 Å². The molecule has 268 valence electrons. The number of carboxylic acids is 1. The third-order valence-electron chi connectivity index (χ3n) is 8.83. The number of nitrogens with zero attached hydrogens (tertiary/aromatic N) is 6. The van der Waals surface area contributed by atoms with Gasteiger partial charge in [-0.05, 0) is 35.1 Å². The molecule has 2 aromatic heterocycles. The van der Waals surface area contributed by atoms with E-state index in [4.69, 9.17) is 9.82 Å². The van der Waals surface area contributed by atoms with E-state index < -0.39 is 34.7 Å². The van der Waals surface area contributed by atoms with E-state index in [0.717, 1.165) is 41.1 Å². The van der Waals surface area contributed by atoms with Crippen molar-refractivity contribution in [3.63, 3.8) is 0 Å². The van der Waals surface area contributed by atoms with E-state index in [2.05, 4.69) is 30.4 Å². The zero-order chi connectivity index (χ0) is 36.4. The molecule has 3 aromatic carbocycles. The zero-order valence-electron chi connectivity index (χ0n) is 27.7. The topological polar surface area (TPSA) is 172 Å². The number of thioether (sulfide) groups is 2. The molecule has 3 aliphatic rings. The molecule has 8 rings (SSSR count). The van der Waals surface area contributed by atoms with Crippen LogP contribution in [-0.2, 0) is 24.8 Å². The average molecular weight is 783 g/mol. The molecule has 2 fully saturated rings. The monoisotopic (exact) mass is 782 g/mol. The highest BCUT2D eigenvalue weighted by Gasteiger charge is 2.54. The van der Waals surface area contributed by atoms with Crippen LogP contribution in [0.15, 0.2) is 117 Å². The fourth-order valence-corrected chi connectivity index (χ4v) is 9.77. The number of amides is 2. The van der Waals surface area contributed by atoms with Gasteiger partial charge in [-0.2, -0.15) is 9.36 Å². The highest BCUT2D eigenvalue weighted by molar-refractivity contribution is 8.01. The number of benzene rings is 3. The molecule has 13 nitrogen and oxygen atoms in total. The first-order valence-corrected chi connectivity index (χ1v) is 20.2. The van der Waals surface area contributed by atoms with Gasteiger partial charge in [-0.1, -0.05) is 119 Å². The van der Waals surface area contributed by atoms with E-state index in [1.807, 2.05) is 91.0 Å². The Kier molecular flexibility index (Phi) is 9.96. The lowest BCUT2D eigenvalue weighted by Gasteiger charge is -2.49. The summed E-state index contributed by atoms with van der Waals surface area (Å²) in [7, 11) is 0. The number of fused-ring (bicyclic) bond motifs is 1. The molecule has 1 aliphatic carbocycles. The second kappa shape index (κ2) is 15.1. The van der Waals surface area contributed by atoms with Gasteiger partial charge in [-0.15, -0.1) is 22.0 Å². The van der Waals surface area contributed by atoms with Crippen molar-refractivity contribution in [2.75, 3.05) is 16.8 Å². The van der Waals surface area contributed by atoms with Gasteiger partial charge in [-0.25, -0.2) is 4.79 Å². The molecular weight excluding hydrogens is 753 g/mol. The number of β-lactam (4-membered cyclic amide) rings is 1. The van der Waals surface area contributed by atoms with E-state index in [1.54, 1.807) is 5.51 Å². The lowest BCUT2D eigenvalue weighted by molar-refractivity contribution is -0.150. The van der Waals surface area contributed by atoms with E-state index in [-0.39, 0.29) is 23.3 Å². The number of rotatable bonds is 14. The number of carbonyl (C=O) groups is 3. The third kappa shape index (κ3) is 7.04. The van der Waals surface area contributed by atoms with Crippen molar-refractivity contribution in [3.8, 4) is 0 Å². The van der Waals surface area contributed by atoms with Gasteiger partial charge in [0.05, 0.1) is 0 Å². The maximum atomic E-state index is 13.9. The number of carbonyl (C=O) groups excluding carboxylic acids is 2. The quantitative estimate of drug-likeness (QED) is 0.0443. The van der Waals surface area contributed by atoms with E-state index in [0.29, 0.717) is 26.6 Å². The molecule has 2 aliphatic heterocycles. The fourth-order valence-electron chi connectivity index (χ4n) is 6.17. The number of hydrogen-bond acceptors (Lipinski definition) is 14. The molecule has 0 radical (unpaired) electrons. The van der Waals surface area contributed by atoms with Crippen LogP contribution >= 0.6 is 46.4 Å². The maximum absolute atomic E-state index is 13.9. The smallest absolute Gasteiger partial charge is 0.352 e.